The third-order valence-corrected chi connectivity index (χ3v) is 9.63. The third-order valence-electron chi connectivity index (χ3n) is 5.36. The second kappa shape index (κ2) is 9.83. The van der Waals surface area contributed by atoms with Gasteiger partial charge in [0.2, 0.25) is 0 Å². The summed E-state index contributed by atoms with van der Waals surface area (Å²) in [5.41, 5.74) is 2.19. The Balaban J connectivity index is 1.77. The predicted octanol–water partition coefficient (Wildman–Crippen LogP) is 4.55. The van der Waals surface area contributed by atoms with E-state index in [1.54, 1.807) is 13.0 Å². The van der Waals surface area contributed by atoms with Gasteiger partial charge in [-0.25, -0.2) is 4.79 Å². The Hall–Kier alpha value is -2.72. The molecule has 0 aromatic heterocycles. The van der Waals surface area contributed by atoms with Crippen molar-refractivity contribution in [3.8, 4) is 5.75 Å². The molecule has 0 spiro atoms. The lowest BCUT2D eigenvalue weighted by Crippen LogP contribution is -2.34. The van der Waals surface area contributed by atoms with Gasteiger partial charge >= 0.3 is 5.97 Å². The Labute approximate surface area is 194 Å². The van der Waals surface area contributed by atoms with Gasteiger partial charge in [-0.2, -0.15) is 0 Å². The van der Waals surface area contributed by atoms with Crippen molar-refractivity contribution < 1.29 is 14.3 Å². The molecule has 32 heavy (non-hydrogen) atoms. The molecule has 164 valence electrons. The Morgan fingerprint density at radius 1 is 1.06 bits per heavy atom. The molecule has 0 aliphatic carbocycles. The van der Waals surface area contributed by atoms with Crippen molar-refractivity contribution in [3.05, 3.63) is 102 Å². The van der Waals surface area contributed by atoms with Crippen molar-refractivity contribution in [2.45, 2.75) is 26.0 Å². The highest BCUT2D eigenvalue weighted by atomic mass is 32.4. The fourth-order valence-corrected chi connectivity index (χ4v) is 7.37. The second-order valence-corrected chi connectivity index (χ2v) is 11.8. The summed E-state index contributed by atoms with van der Waals surface area (Å²) in [6.07, 6.45) is 0.434. The number of esters is 1. The van der Waals surface area contributed by atoms with Crippen molar-refractivity contribution in [2.24, 2.45) is 0 Å². The third kappa shape index (κ3) is 4.71. The molecule has 0 unspecified atom stereocenters. The lowest BCUT2D eigenvalue weighted by molar-refractivity contribution is -0.137. The van der Waals surface area contributed by atoms with Crippen LogP contribution in [0.25, 0.3) is 0 Å². The largest absolute Gasteiger partial charge is 0.484 e. The lowest BCUT2D eigenvalue weighted by Gasteiger charge is -2.30. The summed E-state index contributed by atoms with van der Waals surface area (Å²) in [5.74, 6) is 0.418. The van der Waals surface area contributed by atoms with Crippen LogP contribution in [0.5, 0.6) is 5.75 Å². The van der Waals surface area contributed by atoms with Gasteiger partial charge in [0.1, 0.15) is 11.9 Å². The molecule has 3 aromatic rings. The predicted molar refractivity (Wildman–Crippen MR) is 134 cm³/mol. The fourth-order valence-electron chi connectivity index (χ4n) is 3.84. The maximum absolute atomic E-state index is 12.0. The Morgan fingerprint density at radius 3 is 2.28 bits per heavy atom. The molecule has 1 aliphatic heterocycles. The monoisotopic (exact) mass is 463 g/mol. The van der Waals surface area contributed by atoms with Crippen LogP contribution in [0.2, 0.25) is 0 Å². The van der Waals surface area contributed by atoms with Crippen LogP contribution in [0.3, 0.4) is 0 Å². The first kappa shape index (κ1) is 22.5. The van der Waals surface area contributed by atoms with Crippen molar-refractivity contribution in [2.75, 3.05) is 6.61 Å². The minimum Gasteiger partial charge on any atom is -0.484 e. The van der Waals surface area contributed by atoms with Crippen molar-refractivity contribution in [3.63, 3.8) is 0 Å². The van der Waals surface area contributed by atoms with Gasteiger partial charge in [-0.05, 0) is 26.0 Å². The lowest BCUT2D eigenvalue weighted by atomic mass is 10.0. The zero-order chi connectivity index (χ0) is 22.6. The number of hydrogen-bond donors (Lipinski definition) is 1. The van der Waals surface area contributed by atoms with Crippen LogP contribution in [-0.2, 0) is 21.3 Å². The summed E-state index contributed by atoms with van der Waals surface area (Å²) in [6, 6.07) is 26.3. The Morgan fingerprint density at radius 2 is 1.69 bits per heavy atom. The standard InChI is InChI=1S/C26H26NO3PS/c1-3-29-25(28)17-16-24-26(22-18-19(2)14-15-23(22)30-24)27-31(32,20-10-6-4-7-11-20)21-12-8-5-9-13-21/h4-18,24,26H,3H2,1-2H3,(H,27,32)/b17-16+/t24-,26-/m1/s1. The smallest absolute Gasteiger partial charge is 0.330 e. The summed E-state index contributed by atoms with van der Waals surface area (Å²) in [6.45, 7) is 4.18. The van der Waals surface area contributed by atoms with Crippen LogP contribution in [0.1, 0.15) is 24.1 Å². The van der Waals surface area contributed by atoms with Crippen molar-refractivity contribution in [1.29, 1.82) is 0 Å². The van der Waals surface area contributed by atoms with E-state index in [2.05, 4.69) is 42.3 Å². The molecule has 1 aliphatic rings. The highest BCUT2D eigenvalue weighted by molar-refractivity contribution is 8.20. The van der Waals surface area contributed by atoms with Crippen LogP contribution in [0, 0.1) is 6.92 Å². The first-order valence-electron chi connectivity index (χ1n) is 10.6. The topological polar surface area (TPSA) is 47.6 Å². The highest BCUT2D eigenvalue weighted by Crippen LogP contribution is 2.47. The Kier molecular flexibility index (Phi) is 6.90. The van der Waals surface area contributed by atoms with E-state index in [0.717, 1.165) is 27.5 Å². The summed E-state index contributed by atoms with van der Waals surface area (Å²) in [5, 5.41) is 5.97. The first-order chi connectivity index (χ1) is 15.5. The summed E-state index contributed by atoms with van der Waals surface area (Å²) < 4.78 is 11.3. The maximum atomic E-state index is 12.0. The summed E-state index contributed by atoms with van der Waals surface area (Å²) in [7, 11) is 0. The van der Waals surface area contributed by atoms with Gasteiger partial charge in [-0.1, -0.05) is 90.2 Å². The number of nitrogens with one attached hydrogen (secondary N) is 1. The van der Waals surface area contributed by atoms with Crippen molar-refractivity contribution >= 4 is 34.6 Å². The van der Waals surface area contributed by atoms with Gasteiger partial charge in [-0.3, -0.25) is 5.09 Å². The number of carbonyl (C=O) groups excluding carboxylic acids is 1. The molecule has 0 saturated carbocycles. The quantitative estimate of drug-likeness (QED) is 0.317. The van der Waals surface area contributed by atoms with Gasteiger partial charge in [0.15, 0.2) is 0 Å². The zero-order valence-electron chi connectivity index (χ0n) is 18.1. The molecule has 3 aromatic carbocycles. The molecule has 0 fully saturated rings. The molecular weight excluding hydrogens is 437 g/mol. The summed E-state index contributed by atoms with van der Waals surface area (Å²) in [4.78, 5) is 12.0. The van der Waals surface area contributed by atoms with Gasteiger partial charge in [0.25, 0.3) is 0 Å². The molecule has 6 heteroatoms. The van der Waals surface area contributed by atoms with E-state index in [1.165, 1.54) is 6.08 Å². The number of hydrogen-bond acceptors (Lipinski definition) is 4. The molecular formula is C26H26NO3PS. The van der Waals surface area contributed by atoms with Gasteiger partial charge in [0.05, 0.1) is 18.8 Å². The van der Waals surface area contributed by atoms with E-state index in [9.17, 15) is 4.79 Å². The van der Waals surface area contributed by atoms with Crippen LogP contribution in [-0.4, -0.2) is 18.7 Å². The van der Waals surface area contributed by atoms with Crippen LogP contribution < -0.4 is 20.4 Å². The normalized spacial score (nSPS) is 17.7. The fraction of sp³-hybridized carbons (Fsp3) is 0.192. The number of benzene rings is 3. The van der Waals surface area contributed by atoms with Gasteiger partial charge in [0, 0.05) is 22.2 Å². The van der Waals surface area contributed by atoms with Crippen LogP contribution in [0.4, 0.5) is 0 Å². The molecule has 4 nitrogen and oxygen atoms in total. The Bertz CT molecular complexity index is 1120. The number of ether oxygens (including phenoxy) is 2. The zero-order valence-corrected chi connectivity index (χ0v) is 19.8. The maximum Gasteiger partial charge on any atom is 0.330 e. The number of fused-ring (bicyclic) bond motifs is 1. The van der Waals surface area contributed by atoms with Gasteiger partial charge in [-0.15, -0.1) is 0 Å². The van der Waals surface area contributed by atoms with Gasteiger partial charge < -0.3 is 9.47 Å². The van der Waals surface area contributed by atoms with E-state index in [4.69, 9.17) is 21.3 Å². The minimum absolute atomic E-state index is 0.207. The van der Waals surface area contributed by atoms with E-state index >= 15 is 0 Å². The molecule has 0 amide bonds. The molecule has 0 bridgehead atoms. The van der Waals surface area contributed by atoms with Crippen molar-refractivity contribution in [1.82, 2.24) is 5.09 Å². The molecule has 0 radical (unpaired) electrons. The summed E-state index contributed by atoms with van der Waals surface area (Å²) >= 11 is 6.39. The molecule has 1 N–H and O–H groups in total. The molecule has 0 saturated heterocycles. The van der Waals surface area contributed by atoms with E-state index in [1.807, 2.05) is 48.5 Å². The number of aryl methyl sites for hydroxylation is 1. The van der Waals surface area contributed by atoms with Crippen LogP contribution in [0.15, 0.2) is 91.0 Å². The van der Waals surface area contributed by atoms with Crippen LogP contribution >= 0.6 is 6.19 Å². The number of carbonyl (C=O) groups is 1. The highest BCUT2D eigenvalue weighted by Gasteiger charge is 2.37. The second-order valence-electron chi connectivity index (χ2n) is 7.62. The molecule has 4 rings (SSSR count). The molecule has 1 heterocycles. The molecule has 2 atom stereocenters. The first-order valence-corrected chi connectivity index (χ1v) is 13.4. The van der Waals surface area contributed by atoms with E-state index in [-0.39, 0.29) is 18.1 Å². The SMILES string of the molecule is CCOC(=O)/C=C/[C@H]1Oc2ccc(C)cc2[C@H]1NP(=S)(c1ccccc1)c1ccccc1. The van der Waals surface area contributed by atoms with E-state index in [0.29, 0.717) is 6.61 Å². The number of rotatable bonds is 7. The minimum atomic E-state index is -2.39. The average Bonchev–Trinajstić information content (AvgIpc) is 3.15. The van der Waals surface area contributed by atoms with E-state index < -0.39 is 6.19 Å². The average molecular weight is 464 g/mol.